The van der Waals surface area contributed by atoms with Gasteiger partial charge in [0.25, 0.3) is 0 Å². The second-order valence-corrected chi connectivity index (χ2v) is 6.59. The molecule has 1 amide bonds. The van der Waals surface area contributed by atoms with E-state index in [0.29, 0.717) is 6.42 Å². The van der Waals surface area contributed by atoms with Crippen LogP contribution < -0.4 is 5.32 Å². The van der Waals surface area contributed by atoms with E-state index >= 15 is 0 Å². The Morgan fingerprint density at radius 3 is 2.68 bits per heavy atom. The van der Waals surface area contributed by atoms with Gasteiger partial charge in [-0.25, -0.2) is 0 Å². The first-order valence-corrected chi connectivity index (χ1v) is 7.83. The number of Topliss-reactive ketones (excluding diaryl/α,β-unsaturated/α-hetero) is 1. The molecule has 1 aromatic heterocycles. The van der Waals surface area contributed by atoms with Crippen molar-refractivity contribution in [1.82, 2.24) is 5.32 Å². The van der Waals surface area contributed by atoms with Gasteiger partial charge < -0.3 is 5.32 Å². The van der Waals surface area contributed by atoms with Gasteiger partial charge in [-0.15, -0.1) is 11.3 Å². The number of rotatable bonds is 6. The highest BCUT2D eigenvalue weighted by molar-refractivity contribution is 7.14. The number of thiophene rings is 1. The van der Waals surface area contributed by atoms with Gasteiger partial charge in [-0.2, -0.15) is 0 Å². The minimum Gasteiger partial charge on any atom is -0.349 e. The number of ketones is 1. The van der Waals surface area contributed by atoms with E-state index in [1.54, 1.807) is 0 Å². The average molecular weight is 279 g/mol. The number of hydrogen-bond donors (Lipinski definition) is 1. The van der Waals surface area contributed by atoms with Crippen molar-refractivity contribution in [2.24, 2.45) is 5.92 Å². The van der Waals surface area contributed by atoms with E-state index in [1.165, 1.54) is 37.0 Å². The van der Waals surface area contributed by atoms with Gasteiger partial charge in [0.1, 0.15) is 0 Å². The standard InChI is InChI=1S/C15H21NO2S/c1-11-6-8-14(19-11)13(17)10-16-15(18)9-7-12-4-2-3-5-12/h6,8,12H,2-5,7,9-10H2,1H3,(H,16,18). The SMILES string of the molecule is Cc1ccc(C(=O)CNC(=O)CCC2CCCC2)s1. The summed E-state index contributed by atoms with van der Waals surface area (Å²) in [5.74, 6) is 0.738. The number of aryl methyl sites for hydroxylation is 1. The molecule has 0 aliphatic heterocycles. The zero-order valence-corrected chi connectivity index (χ0v) is 12.2. The maximum atomic E-state index is 11.8. The third-order valence-electron chi connectivity index (χ3n) is 3.72. The van der Waals surface area contributed by atoms with Gasteiger partial charge >= 0.3 is 0 Å². The molecule has 0 spiro atoms. The molecular formula is C15H21NO2S. The predicted molar refractivity (Wildman–Crippen MR) is 77.6 cm³/mol. The molecule has 1 aromatic rings. The summed E-state index contributed by atoms with van der Waals surface area (Å²) in [4.78, 5) is 25.4. The van der Waals surface area contributed by atoms with Crippen molar-refractivity contribution in [1.29, 1.82) is 0 Å². The van der Waals surface area contributed by atoms with Gasteiger partial charge in [0.05, 0.1) is 11.4 Å². The fraction of sp³-hybridized carbons (Fsp3) is 0.600. The van der Waals surface area contributed by atoms with Crippen LogP contribution >= 0.6 is 11.3 Å². The molecule has 2 rings (SSSR count). The highest BCUT2D eigenvalue weighted by Crippen LogP contribution is 2.28. The number of carbonyl (C=O) groups is 2. The first-order valence-electron chi connectivity index (χ1n) is 7.01. The molecule has 19 heavy (non-hydrogen) atoms. The summed E-state index contributed by atoms with van der Waals surface area (Å²) in [6.45, 7) is 2.10. The second-order valence-electron chi connectivity index (χ2n) is 5.30. The predicted octanol–water partition coefficient (Wildman–Crippen LogP) is 3.33. The maximum Gasteiger partial charge on any atom is 0.220 e. The van der Waals surface area contributed by atoms with Gasteiger partial charge in [0.2, 0.25) is 5.91 Å². The fourth-order valence-corrected chi connectivity index (χ4v) is 3.38. The summed E-state index contributed by atoms with van der Waals surface area (Å²) in [6, 6.07) is 3.76. The van der Waals surface area contributed by atoms with Crippen LogP contribution in [0, 0.1) is 12.8 Å². The summed E-state index contributed by atoms with van der Waals surface area (Å²) >= 11 is 1.48. The molecule has 1 heterocycles. The van der Waals surface area contributed by atoms with Crippen molar-refractivity contribution >= 4 is 23.0 Å². The zero-order valence-electron chi connectivity index (χ0n) is 11.4. The molecular weight excluding hydrogens is 258 g/mol. The first kappa shape index (κ1) is 14.3. The molecule has 0 unspecified atom stereocenters. The lowest BCUT2D eigenvalue weighted by Crippen LogP contribution is -2.29. The summed E-state index contributed by atoms with van der Waals surface area (Å²) < 4.78 is 0. The molecule has 1 aliphatic carbocycles. The van der Waals surface area contributed by atoms with Gasteiger partial charge in [0, 0.05) is 11.3 Å². The van der Waals surface area contributed by atoms with Gasteiger partial charge in [0.15, 0.2) is 5.78 Å². The minimum absolute atomic E-state index is 0.00677. The molecule has 0 radical (unpaired) electrons. The van der Waals surface area contributed by atoms with Crippen LogP contribution in [0.1, 0.15) is 53.1 Å². The lowest BCUT2D eigenvalue weighted by atomic mass is 10.0. The lowest BCUT2D eigenvalue weighted by molar-refractivity contribution is -0.121. The van der Waals surface area contributed by atoms with Crippen LogP contribution in [0.2, 0.25) is 0 Å². The highest BCUT2D eigenvalue weighted by Gasteiger charge is 2.16. The molecule has 1 N–H and O–H groups in total. The Balaban J connectivity index is 1.66. The highest BCUT2D eigenvalue weighted by atomic mass is 32.1. The summed E-state index contributed by atoms with van der Waals surface area (Å²) in [5.41, 5.74) is 0. The van der Waals surface area contributed by atoms with E-state index in [2.05, 4.69) is 5.32 Å². The monoisotopic (exact) mass is 279 g/mol. The van der Waals surface area contributed by atoms with Crippen LogP contribution in [0.4, 0.5) is 0 Å². The van der Waals surface area contributed by atoms with Gasteiger partial charge in [-0.05, 0) is 31.4 Å². The van der Waals surface area contributed by atoms with E-state index < -0.39 is 0 Å². The summed E-state index contributed by atoms with van der Waals surface area (Å²) in [7, 11) is 0. The van der Waals surface area contributed by atoms with Crippen LogP contribution in [0.5, 0.6) is 0 Å². The number of nitrogens with one attached hydrogen (secondary N) is 1. The normalized spacial score (nSPS) is 15.6. The van der Waals surface area contributed by atoms with Crippen molar-refractivity contribution in [2.45, 2.75) is 45.4 Å². The van der Waals surface area contributed by atoms with Crippen LogP contribution in [0.25, 0.3) is 0 Å². The Morgan fingerprint density at radius 2 is 2.05 bits per heavy atom. The molecule has 0 saturated heterocycles. The van der Waals surface area contributed by atoms with Crippen molar-refractivity contribution in [3.8, 4) is 0 Å². The van der Waals surface area contributed by atoms with Crippen molar-refractivity contribution in [3.63, 3.8) is 0 Å². The number of carbonyl (C=O) groups excluding carboxylic acids is 2. The smallest absolute Gasteiger partial charge is 0.220 e. The quantitative estimate of drug-likeness (QED) is 0.812. The van der Waals surface area contributed by atoms with Gasteiger partial charge in [-0.3, -0.25) is 9.59 Å². The van der Waals surface area contributed by atoms with Crippen molar-refractivity contribution in [2.75, 3.05) is 6.54 Å². The van der Waals surface area contributed by atoms with Crippen LogP contribution in [0.3, 0.4) is 0 Å². The molecule has 0 aromatic carbocycles. The zero-order chi connectivity index (χ0) is 13.7. The Bertz CT molecular complexity index is 447. The van der Waals surface area contributed by atoms with E-state index in [-0.39, 0.29) is 18.2 Å². The Hall–Kier alpha value is -1.16. The Morgan fingerprint density at radius 1 is 1.32 bits per heavy atom. The third-order valence-corrected chi connectivity index (χ3v) is 4.76. The van der Waals surface area contributed by atoms with Crippen LogP contribution in [-0.4, -0.2) is 18.2 Å². The largest absolute Gasteiger partial charge is 0.349 e. The minimum atomic E-state index is 0.00677. The van der Waals surface area contributed by atoms with E-state index in [9.17, 15) is 9.59 Å². The molecule has 0 bridgehead atoms. The molecule has 4 heteroatoms. The first-order chi connectivity index (χ1) is 9.15. The Labute approximate surface area is 118 Å². The molecule has 1 saturated carbocycles. The number of amides is 1. The third kappa shape index (κ3) is 4.46. The molecule has 104 valence electrons. The van der Waals surface area contributed by atoms with Crippen molar-refractivity contribution < 1.29 is 9.59 Å². The number of hydrogen-bond acceptors (Lipinski definition) is 3. The van der Waals surface area contributed by atoms with Gasteiger partial charge in [-0.1, -0.05) is 25.7 Å². The summed E-state index contributed by atoms with van der Waals surface area (Å²) in [6.07, 6.45) is 6.67. The fourth-order valence-electron chi connectivity index (χ4n) is 2.57. The second kappa shape index (κ2) is 6.85. The molecule has 3 nitrogen and oxygen atoms in total. The van der Waals surface area contributed by atoms with Crippen molar-refractivity contribution in [3.05, 3.63) is 21.9 Å². The average Bonchev–Trinajstić information content (AvgIpc) is 3.04. The topological polar surface area (TPSA) is 46.2 Å². The molecule has 1 fully saturated rings. The van der Waals surface area contributed by atoms with E-state index in [4.69, 9.17) is 0 Å². The summed E-state index contributed by atoms with van der Waals surface area (Å²) in [5, 5.41) is 2.73. The van der Waals surface area contributed by atoms with E-state index in [1.807, 2.05) is 19.1 Å². The van der Waals surface area contributed by atoms with E-state index in [0.717, 1.165) is 22.1 Å². The molecule has 0 atom stereocenters. The lowest BCUT2D eigenvalue weighted by Gasteiger charge is -2.08. The van der Waals surface area contributed by atoms with Crippen LogP contribution in [0.15, 0.2) is 12.1 Å². The Kier molecular flexibility index (Phi) is 5.14. The van der Waals surface area contributed by atoms with Crippen LogP contribution in [-0.2, 0) is 4.79 Å². The molecule has 1 aliphatic rings. The maximum absolute atomic E-state index is 11.8.